The predicted molar refractivity (Wildman–Crippen MR) is 146 cm³/mol. The Morgan fingerprint density at radius 3 is 1.44 bits per heavy atom. The van der Waals surface area contributed by atoms with Crippen molar-refractivity contribution < 1.29 is 19.8 Å². The van der Waals surface area contributed by atoms with Crippen LogP contribution >= 0.6 is 0 Å². The fourth-order valence-electron chi connectivity index (χ4n) is 4.50. The summed E-state index contributed by atoms with van der Waals surface area (Å²) < 4.78 is 0. The minimum Gasteiger partial charge on any atom is -0.478 e. The smallest absolute Gasteiger partial charge is 0.328 e. The number of rotatable bonds is 4. The summed E-state index contributed by atoms with van der Waals surface area (Å²) in [6.45, 7) is 2.21. The van der Waals surface area contributed by atoms with E-state index in [0.29, 0.717) is 24.2 Å². The molecule has 2 aliphatic heterocycles. The van der Waals surface area contributed by atoms with E-state index >= 15 is 0 Å². The van der Waals surface area contributed by atoms with Gasteiger partial charge in [-0.15, -0.1) is 0 Å². The van der Waals surface area contributed by atoms with Crippen molar-refractivity contribution in [1.29, 1.82) is 0 Å². The SMILES string of the molecule is CNC1CCc2ccccc2N(C)C1.CNC1CCc2ccccc2N(C)C1.O=C(O)/C=C/C(=O)O. The van der Waals surface area contributed by atoms with E-state index in [-0.39, 0.29) is 0 Å². The van der Waals surface area contributed by atoms with Gasteiger partial charge in [-0.05, 0) is 63.0 Å². The van der Waals surface area contributed by atoms with E-state index in [4.69, 9.17) is 10.2 Å². The maximum atomic E-state index is 9.55. The third-order valence-corrected chi connectivity index (χ3v) is 6.50. The Morgan fingerprint density at radius 2 is 1.11 bits per heavy atom. The molecule has 4 rings (SSSR count). The number of para-hydroxylation sites is 2. The molecule has 0 saturated heterocycles. The molecule has 0 radical (unpaired) electrons. The third kappa shape index (κ3) is 9.36. The number of hydrogen-bond donors (Lipinski definition) is 4. The molecule has 2 aliphatic rings. The van der Waals surface area contributed by atoms with E-state index in [9.17, 15) is 9.59 Å². The number of aryl methyl sites for hydroxylation is 2. The Kier molecular flexibility index (Phi) is 12.0. The van der Waals surface area contributed by atoms with Crippen molar-refractivity contribution in [3.05, 3.63) is 71.8 Å². The average molecular weight is 497 g/mol. The first kappa shape index (κ1) is 28.9. The molecular weight excluding hydrogens is 456 g/mol. The molecule has 0 bridgehead atoms. The van der Waals surface area contributed by atoms with E-state index in [2.05, 4.69) is 97.2 Å². The van der Waals surface area contributed by atoms with Crippen molar-refractivity contribution in [3.8, 4) is 0 Å². The lowest BCUT2D eigenvalue weighted by atomic mass is 10.1. The highest BCUT2D eigenvalue weighted by molar-refractivity contribution is 5.89. The van der Waals surface area contributed by atoms with Crippen LogP contribution in [0.25, 0.3) is 0 Å². The van der Waals surface area contributed by atoms with Crippen molar-refractivity contribution in [3.63, 3.8) is 0 Å². The second-order valence-electron chi connectivity index (χ2n) is 9.08. The Balaban J connectivity index is 0.000000199. The Labute approximate surface area is 214 Å². The number of nitrogens with zero attached hydrogens (tertiary/aromatic N) is 2. The van der Waals surface area contributed by atoms with Gasteiger partial charge in [0.1, 0.15) is 0 Å². The molecule has 4 N–H and O–H groups in total. The zero-order chi connectivity index (χ0) is 26.5. The number of hydrogen-bond acceptors (Lipinski definition) is 6. The summed E-state index contributed by atoms with van der Waals surface area (Å²) in [6.07, 6.45) is 5.96. The first-order valence-corrected chi connectivity index (χ1v) is 12.3. The van der Waals surface area contributed by atoms with E-state index < -0.39 is 11.9 Å². The lowest BCUT2D eigenvalue weighted by molar-refractivity contribution is -0.134. The van der Waals surface area contributed by atoms with Gasteiger partial charge in [0.15, 0.2) is 0 Å². The van der Waals surface area contributed by atoms with Crippen LogP contribution in [0.5, 0.6) is 0 Å². The maximum Gasteiger partial charge on any atom is 0.328 e. The van der Waals surface area contributed by atoms with Crippen LogP contribution in [0.1, 0.15) is 24.0 Å². The van der Waals surface area contributed by atoms with Crippen molar-refractivity contribution in [1.82, 2.24) is 10.6 Å². The van der Waals surface area contributed by atoms with Crippen LogP contribution in [0.3, 0.4) is 0 Å². The average Bonchev–Trinajstić information content (AvgIpc) is 3.15. The zero-order valence-electron chi connectivity index (χ0n) is 21.8. The standard InChI is InChI=1S/2C12H18N2.C4H4O4/c2*1-13-11-8-7-10-5-3-4-6-12(10)14(2)9-11;5-3(6)1-2-4(7)8/h2*3-6,11,13H,7-9H2,1-2H3;1-2H,(H,5,6)(H,7,8)/b;;2-1+. The normalized spacial score (nSPS) is 18.9. The number of carboxylic acid groups (broad SMARTS) is 2. The molecule has 196 valence electrons. The maximum absolute atomic E-state index is 9.55. The summed E-state index contributed by atoms with van der Waals surface area (Å²) in [5.41, 5.74) is 5.75. The van der Waals surface area contributed by atoms with Gasteiger partial charge >= 0.3 is 11.9 Å². The highest BCUT2D eigenvalue weighted by Gasteiger charge is 2.18. The molecule has 0 fully saturated rings. The van der Waals surface area contributed by atoms with Gasteiger partial charge in [-0.1, -0.05) is 36.4 Å². The lowest BCUT2D eigenvalue weighted by Gasteiger charge is -2.22. The highest BCUT2D eigenvalue weighted by Crippen LogP contribution is 2.25. The second-order valence-corrected chi connectivity index (χ2v) is 9.08. The number of carbonyl (C=O) groups is 2. The molecule has 36 heavy (non-hydrogen) atoms. The molecule has 0 amide bonds. The summed E-state index contributed by atoms with van der Waals surface area (Å²) in [4.78, 5) is 23.8. The van der Waals surface area contributed by atoms with Crippen LogP contribution in [0.4, 0.5) is 11.4 Å². The minimum atomic E-state index is -1.26. The fourth-order valence-corrected chi connectivity index (χ4v) is 4.50. The van der Waals surface area contributed by atoms with Crippen LogP contribution in [0.15, 0.2) is 60.7 Å². The van der Waals surface area contributed by atoms with Gasteiger partial charge in [0.2, 0.25) is 0 Å². The largest absolute Gasteiger partial charge is 0.478 e. The van der Waals surface area contributed by atoms with Crippen LogP contribution < -0.4 is 20.4 Å². The summed E-state index contributed by atoms with van der Waals surface area (Å²) in [5, 5.41) is 22.4. The van der Waals surface area contributed by atoms with Gasteiger partial charge in [-0.25, -0.2) is 9.59 Å². The predicted octanol–water partition coefficient (Wildman–Crippen LogP) is 3.03. The number of fused-ring (bicyclic) bond motifs is 2. The quantitative estimate of drug-likeness (QED) is 0.479. The molecule has 0 aromatic heterocycles. The number of nitrogens with one attached hydrogen (secondary N) is 2. The van der Waals surface area contributed by atoms with Gasteiger partial charge in [0.05, 0.1) is 0 Å². The van der Waals surface area contributed by atoms with Gasteiger partial charge < -0.3 is 30.6 Å². The van der Waals surface area contributed by atoms with Crippen LogP contribution in [0.2, 0.25) is 0 Å². The molecule has 0 saturated carbocycles. The number of anilines is 2. The molecular formula is C28H40N4O4. The first-order valence-electron chi connectivity index (χ1n) is 12.3. The van der Waals surface area contributed by atoms with E-state index in [1.54, 1.807) is 0 Å². The van der Waals surface area contributed by atoms with Gasteiger partial charge in [0, 0.05) is 62.8 Å². The molecule has 2 atom stereocenters. The van der Waals surface area contributed by atoms with Gasteiger partial charge in [-0.3, -0.25) is 0 Å². The minimum absolute atomic E-state index is 0.558. The molecule has 0 spiro atoms. The molecule has 2 aromatic carbocycles. The molecule has 2 heterocycles. The zero-order valence-corrected chi connectivity index (χ0v) is 21.8. The van der Waals surface area contributed by atoms with E-state index in [1.165, 1.54) is 48.2 Å². The van der Waals surface area contributed by atoms with Crippen molar-refractivity contribution in [2.24, 2.45) is 0 Å². The summed E-state index contributed by atoms with van der Waals surface area (Å²) >= 11 is 0. The summed E-state index contributed by atoms with van der Waals surface area (Å²) in [6, 6.07) is 18.6. The first-order chi connectivity index (χ1) is 17.2. The van der Waals surface area contributed by atoms with Crippen LogP contribution in [-0.4, -0.2) is 75.5 Å². The molecule has 8 nitrogen and oxygen atoms in total. The van der Waals surface area contributed by atoms with Crippen molar-refractivity contribution in [2.45, 2.75) is 37.8 Å². The number of carboxylic acids is 2. The summed E-state index contributed by atoms with van der Waals surface area (Å²) in [7, 11) is 8.45. The van der Waals surface area contributed by atoms with Crippen molar-refractivity contribution >= 4 is 23.3 Å². The topological polar surface area (TPSA) is 105 Å². The molecule has 2 unspecified atom stereocenters. The van der Waals surface area contributed by atoms with Crippen LogP contribution in [-0.2, 0) is 22.4 Å². The van der Waals surface area contributed by atoms with Crippen LogP contribution in [0, 0.1) is 0 Å². The van der Waals surface area contributed by atoms with E-state index in [0.717, 1.165) is 13.1 Å². The lowest BCUT2D eigenvalue weighted by Crippen LogP contribution is -2.36. The molecule has 0 aliphatic carbocycles. The Bertz CT molecular complexity index is 931. The van der Waals surface area contributed by atoms with Gasteiger partial charge in [0.25, 0.3) is 0 Å². The Morgan fingerprint density at radius 1 is 0.750 bits per heavy atom. The number of aliphatic carboxylic acids is 2. The summed E-state index contributed by atoms with van der Waals surface area (Å²) in [5.74, 6) is -2.51. The molecule has 2 aromatic rings. The fraction of sp³-hybridized carbons (Fsp3) is 0.429. The second kappa shape index (κ2) is 14.9. The molecule has 8 heteroatoms. The Hall–Kier alpha value is -3.36. The highest BCUT2D eigenvalue weighted by atomic mass is 16.4. The number of benzene rings is 2. The monoisotopic (exact) mass is 496 g/mol. The third-order valence-electron chi connectivity index (χ3n) is 6.50. The van der Waals surface area contributed by atoms with Crippen molar-refractivity contribution in [2.75, 3.05) is 51.1 Å². The van der Waals surface area contributed by atoms with E-state index in [1.807, 2.05) is 0 Å². The number of likely N-dealkylation sites (N-methyl/N-ethyl adjacent to an activating group) is 4. The van der Waals surface area contributed by atoms with Gasteiger partial charge in [-0.2, -0.15) is 0 Å².